The molecular weight excluding hydrogens is 124 g/mol. The summed E-state index contributed by atoms with van der Waals surface area (Å²) in [5.74, 6) is 0. The van der Waals surface area contributed by atoms with Crippen molar-refractivity contribution in [1.82, 2.24) is 4.90 Å². The molecule has 0 heterocycles. The summed E-state index contributed by atoms with van der Waals surface area (Å²) in [5, 5.41) is 0. The molecule has 2 heteroatoms. The molecule has 0 fully saturated rings. The van der Waals surface area contributed by atoms with Gasteiger partial charge in [0.25, 0.3) is 0 Å². The standard InChI is InChI=1S/C8H20N2/c1-4-5-6-8(7-9)10(2)3/h8H,4-7,9H2,1-3H3/t8-/m1/s1. The second kappa shape index (κ2) is 5.69. The fourth-order valence-electron chi connectivity index (χ4n) is 1.03. The van der Waals surface area contributed by atoms with Gasteiger partial charge in [0, 0.05) is 12.6 Å². The lowest BCUT2D eigenvalue weighted by molar-refractivity contribution is 0.279. The van der Waals surface area contributed by atoms with Crippen LogP contribution in [0.3, 0.4) is 0 Å². The van der Waals surface area contributed by atoms with E-state index in [1.807, 2.05) is 0 Å². The van der Waals surface area contributed by atoms with Crippen LogP contribution in [-0.4, -0.2) is 31.6 Å². The molecule has 0 saturated heterocycles. The molecule has 10 heavy (non-hydrogen) atoms. The highest BCUT2D eigenvalue weighted by atomic mass is 15.1. The van der Waals surface area contributed by atoms with Crippen molar-refractivity contribution >= 4 is 0 Å². The number of hydrogen-bond acceptors (Lipinski definition) is 2. The molecule has 0 aliphatic rings. The van der Waals surface area contributed by atoms with Gasteiger partial charge in [-0.05, 0) is 20.5 Å². The molecule has 0 aromatic rings. The monoisotopic (exact) mass is 144 g/mol. The lowest BCUT2D eigenvalue weighted by Crippen LogP contribution is -2.34. The zero-order valence-corrected chi connectivity index (χ0v) is 7.43. The Hall–Kier alpha value is -0.0800. The third-order valence-electron chi connectivity index (χ3n) is 1.89. The van der Waals surface area contributed by atoms with Gasteiger partial charge in [0.1, 0.15) is 0 Å². The van der Waals surface area contributed by atoms with Gasteiger partial charge in [0.05, 0.1) is 0 Å². The smallest absolute Gasteiger partial charge is 0.0212 e. The lowest BCUT2D eigenvalue weighted by Gasteiger charge is -2.21. The number of nitrogens with zero attached hydrogens (tertiary/aromatic N) is 1. The van der Waals surface area contributed by atoms with E-state index < -0.39 is 0 Å². The lowest BCUT2D eigenvalue weighted by atomic mass is 10.1. The minimum absolute atomic E-state index is 0.583. The van der Waals surface area contributed by atoms with Crippen LogP contribution in [0.4, 0.5) is 0 Å². The predicted octanol–water partition coefficient (Wildman–Crippen LogP) is 1.07. The fraction of sp³-hybridized carbons (Fsp3) is 1.00. The van der Waals surface area contributed by atoms with Crippen molar-refractivity contribution < 1.29 is 0 Å². The molecular formula is C8H20N2. The Morgan fingerprint density at radius 3 is 2.30 bits per heavy atom. The van der Waals surface area contributed by atoms with Crippen LogP contribution < -0.4 is 5.73 Å². The molecule has 0 aliphatic heterocycles. The summed E-state index contributed by atoms with van der Waals surface area (Å²) in [6.07, 6.45) is 3.80. The van der Waals surface area contributed by atoms with Gasteiger partial charge in [-0.3, -0.25) is 0 Å². The second-order valence-corrected chi connectivity index (χ2v) is 3.00. The van der Waals surface area contributed by atoms with E-state index in [1.165, 1.54) is 19.3 Å². The van der Waals surface area contributed by atoms with E-state index in [2.05, 4.69) is 25.9 Å². The number of hydrogen-bond donors (Lipinski definition) is 1. The van der Waals surface area contributed by atoms with Gasteiger partial charge in [-0.1, -0.05) is 19.8 Å². The van der Waals surface area contributed by atoms with Crippen LogP contribution in [0, 0.1) is 0 Å². The van der Waals surface area contributed by atoms with Crippen LogP contribution in [0.25, 0.3) is 0 Å². The van der Waals surface area contributed by atoms with Gasteiger partial charge in [-0.15, -0.1) is 0 Å². The Morgan fingerprint density at radius 2 is 2.00 bits per heavy atom. The van der Waals surface area contributed by atoms with E-state index in [0.717, 1.165) is 6.54 Å². The molecule has 62 valence electrons. The van der Waals surface area contributed by atoms with Crippen molar-refractivity contribution in [1.29, 1.82) is 0 Å². The maximum absolute atomic E-state index is 5.57. The number of unbranched alkanes of at least 4 members (excludes halogenated alkanes) is 1. The minimum atomic E-state index is 0.583. The number of rotatable bonds is 5. The zero-order chi connectivity index (χ0) is 7.98. The molecule has 0 unspecified atom stereocenters. The van der Waals surface area contributed by atoms with E-state index in [0.29, 0.717) is 6.04 Å². The first-order chi connectivity index (χ1) is 4.72. The van der Waals surface area contributed by atoms with Crippen LogP contribution >= 0.6 is 0 Å². The first-order valence-corrected chi connectivity index (χ1v) is 4.08. The summed E-state index contributed by atoms with van der Waals surface area (Å²) in [6.45, 7) is 3.00. The molecule has 0 spiro atoms. The van der Waals surface area contributed by atoms with Crippen molar-refractivity contribution in [3.05, 3.63) is 0 Å². The van der Waals surface area contributed by atoms with Gasteiger partial charge in [-0.25, -0.2) is 0 Å². The van der Waals surface area contributed by atoms with Crippen LogP contribution in [0.1, 0.15) is 26.2 Å². The first-order valence-electron chi connectivity index (χ1n) is 4.08. The molecule has 0 amide bonds. The van der Waals surface area contributed by atoms with E-state index in [9.17, 15) is 0 Å². The summed E-state index contributed by atoms with van der Waals surface area (Å²) < 4.78 is 0. The van der Waals surface area contributed by atoms with Gasteiger partial charge >= 0.3 is 0 Å². The largest absolute Gasteiger partial charge is 0.329 e. The fourth-order valence-corrected chi connectivity index (χ4v) is 1.03. The Bertz CT molecular complexity index is 71.7. The summed E-state index contributed by atoms with van der Waals surface area (Å²) in [5.41, 5.74) is 5.57. The molecule has 2 nitrogen and oxygen atoms in total. The third kappa shape index (κ3) is 3.85. The molecule has 0 bridgehead atoms. The van der Waals surface area contributed by atoms with Crippen LogP contribution in [0.2, 0.25) is 0 Å². The highest BCUT2D eigenvalue weighted by Crippen LogP contribution is 2.03. The Labute approximate surface area is 64.4 Å². The summed E-state index contributed by atoms with van der Waals surface area (Å²) in [4.78, 5) is 2.20. The Balaban J connectivity index is 3.40. The van der Waals surface area contributed by atoms with Crippen LogP contribution in [0.5, 0.6) is 0 Å². The molecule has 0 aliphatic carbocycles. The van der Waals surface area contributed by atoms with Crippen molar-refractivity contribution in [2.75, 3.05) is 20.6 Å². The highest BCUT2D eigenvalue weighted by molar-refractivity contribution is 4.65. The number of nitrogens with two attached hydrogens (primary N) is 1. The zero-order valence-electron chi connectivity index (χ0n) is 7.43. The second-order valence-electron chi connectivity index (χ2n) is 3.00. The maximum Gasteiger partial charge on any atom is 0.0212 e. The molecule has 2 N–H and O–H groups in total. The molecule has 1 atom stereocenters. The van der Waals surface area contributed by atoms with Gasteiger partial charge < -0.3 is 10.6 Å². The summed E-state index contributed by atoms with van der Waals surface area (Å²) in [7, 11) is 4.18. The van der Waals surface area contributed by atoms with Crippen LogP contribution in [-0.2, 0) is 0 Å². The van der Waals surface area contributed by atoms with Crippen molar-refractivity contribution in [3.8, 4) is 0 Å². The SMILES string of the molecule is CCCC[C@H](CN)N(C)C. The Kier molecular flexibility index (Phi) is 5.64. The third-order valence-corrected chi connectivity index (χ3v) is 1.89. The van der Waals surface area contributed by atoms with Crippen molar-refractivity contribution in [3.63, 3.8) is 0 Å². The topological polar surface area (TPSA) is 29.3 Å². The molecule has 0 radical (unpaired) electrons. The number of likely N-dealkylation sites (N-methyl/N-ethyl adjacent to an activating group) is 1. The average Bonchev–Trinajstić information content (AvgIpc) is 1.89. The van der Waals surface area contributed by atoms with Gasteiger partial charge in [0.15, 0.2) is 0 Å². The van der Waals surface area contributed by atoms with Gasteiger partial charge in [-0.2, -0.15) is 0 Å². The average molecular weight is 144 g/mol. The normalized spacial score (nSPS) is 14.1. The van der Waals surface area contributed by atoms with E-state index in [-0.39, 0.29) is 0 Å². The van der Waals surface area contributed by atoms with Crippen molar-refractivity contribution in [2.24, 2.45) is 5.73 Å². The predicted molar refractivity (Wildman–Crippen MR) is 46.1 cm³/mol. The molecule has 0 aromatic heterocycles. The van der Waals surface area contributed by atoms with Crippen molar-refractivity contribution in [2.45, 2.75) is 32.2 Å². The molecule has 0 aromatic carbocycles. The van der Waals surface area contributed by atoms with Gasteiger partial charge in [0.2, 0.25) is 0 Å². The molecule has 0 rings (SSSR count). The summed E-state index contributed by atoms with van der Waals surface area (Å²) in [6, 6.07) is 0.583. The van der Waals surface area contributed by atoms with E-state index in [4.69, 9.17) is 5.73 Å². The minimum Gasteiger partial charge on any atom is -0.329 e. The quantitative estimate of drug-likeness (QED) is 0.625. The first kappa shape index (κ1) is 9.92. The highest BCUT2D eigenvalue weighted by Gasteiger charge is 2.06. The van der Waals surface area contributed by atoms with Crippen LogP contribution in [0.15, 0.2) is 0 Å². The van der Waals surface area contributed by atoms with E-state index in [1.54, 1.807) is 0 Å². The summed E-state index contributed by atoms with van der Waals surface area (Å²) >= 11 is 0. The molecule has 0 saturated carbocycles. The maximum atomic E-state index is 5.57. The Morgan fingerprint density at radius 1 is 1.40 bits per heavy atom. The van der Waals surface area contributed by atoms with E-state index >= 15 is 0 Å².